The van der Waals surface area contributed by atoms with E-state index >= 15 is 0 Å². The first kappa shape index (κ1) is 14.1. The Kier molecular flexibility index (Phi) is 4.27. The fraction of sp³-hybridized carbons (Fsp3) is 0.143. The standard InChI is InChI=1S/C14H10BrF3O/c15-9-4-5-11(16)8(6-9)7-13(19)10-2-1-3-12(17)14(10)18/h1-6,13,19H,7H2. The van der Waals surface area contributed by atoms with Crippen LogP contribution in [0.3, 0.4) is 0 Å². The van der Waals surface area contributed by atoms with E-state index in [-0.39, 0.29) is 17.5 Å². The van der Waals surface area contributed by atoms with Crippen LogP contribution in [0.4, 0.5) is 13.2 Å². The van der Waals surface area contributed by atoms with Gasteiger partial charge in [0.25, 0.3) is 0 Å². The van der Waals surface area contributed by atoms with Crippen molar-refractivity contribution in [3.05, 3.63) is 69.4 Å². The van der Waals surface area contributed by atoms with Crippen LogP contribution in [-0.4, -0.2) is 5.11 Å². The van der Waals surface area contributed by atoms with Crippen LogP contribution in [-0.2, 0) is 6.42 Å². The summed E-state index contributed by atoms with van der Waals surface area (Å²) in [5.74, 6) is -2.64. The highest BCUT2D eigenvalue weighted by Crippen LogP contribution is 2.25. The Morgan fingerprint density at radius 1 is 1.05 bits per heavy atom. The second-order valence-corrected chi connectivity index (χ2v) is 5.01. The number of rotatable bonds is 3. The van der Waals surface area contributed by atoms with E-state index < -0.39 is 23.6 Å². The lowest BCUT2D eigenvalue weighted by molar-refractivity contribution is 0.171. The molecular weight excluding hydrogens is 321 g/mol. The van der Waals surface area contributed by atoms with Gasteiger partial charge in [0.1, 0.15) is 5.82 Å². The van der Waals surface area contributed by atoms with Crippen molar-refractivity contribution in [2.24, 2.45) is 0 Å². The van der Waals surface area contributed by atoms with Crippen LogP contribution in [0.25, 0.3) is 0 Å². The summed E-state index contributed by atoms with van der Waals surface area (Å²) in [6.45, 7) is 0. The molecule has 0 saturated carbocycles. The van der Waals surface area contributed by atoms with Crippen molar-refractivity contribution >= 4 is 15.9 Å². The second-order valence-electron chi connectivity index (χ2n) is 4.10. The Morgan fingerprint density at radius 2 is 1.79 bits per heavy atom. The molecule has 1 unspecified atom stereocenters. The molecule has 5 heteroatoms. The molecule has 0 aliphatic heterocycles. The van der Waals surface area contributed by atoms with Gasteiger partial charge in [-0.15, -0.1) is 0 Å². The quantitative estimate of drug-likeness (QED) is 0.896. The highest BCUT2D eigenvalue weighted by Gasteiger charge is 2.17. The minimum Gasteiger partial charge on any atom is -0.388 e. The van der Waals surface area contributed by atoms with Crippen molar-refractivity contribution in [1.29, 1.82) is 0 Å². The zero-order valence-corrected chi connectivity index (χ0v) is 11.3. The van der Waals surface area contributed by atoms with E-state index in [2.05, 4.69) is 15.9 Å². The van der Waals surface area contributed by atoms with Gasteiger partial charge in [-0.1, -0.05) is 28.1 Å². The maximum absolute atomic E-state index is 13.5. The predicted molar refractivity (Wildman–Crippen MR) is 69.1 cm³/mol. The minimum atomic E-state index is -1.31. The Balaban J connectivity index is 2.28. The van der Waals surface area contributed by atoms with E-state index in [0.717, 1.165) is 6.07 Å². The topological polar surface area (TPSA) is 20.2 Å². The number of hydrogen-bond donors (Lipinski definition) is 1. The Hall–Kier alpha value is -1.33. The van der Waals surface area contributed by atoms with Gasteiger partial charge in [-0.2, -0.15) is 0 Å². The molecule has 2 aromatic rings. The molecule has 0 aliphatic rings. The Labute approximate surface area is 116 Å². The maximum Gasteiger partial charge on any atom is 0.164 e. The number of aliphatic hydroxyl groups is 1. The van der Waals surface area contributed by atoms with Gasteiger partial charge in [0.2, 0.25) is 0 Å². The highest BCUT2D eigenvalue weighted by molar-refractivity contribution is 9.10. The van der Waals surface area contributed by atoms with Crippen molar-refractivity contribution in [2.75, 3.05) is 0 Å². The summed E-state index contributed by atoms with van der Waals surface area (Å²) in [6, 6.07) is 7.80. The summed E-state index contributed by atoms with van der Waals surface area (Å²) in [4.78, 5) is 0. The molecule has 2 aromatic carbocycles. The van der Waals surface area contributed by atoms with Crippen LogP contribution in [0.1, 0.15) is 17.2 Å². The molecule has 1 nitrogen and oxygen atoms in total. The summed E-state index contributed by atoms with van der Waals surface area (Å²) in [5.41, 5.74) is 0.0462. The summed E-state index contributed by atoms with van der Waals surface area (Å²) >= 11 is 3.19. The molecule has 0 aliphatic carbocycles. The van der Waals surface area contributed by atoms with Crippen molar-refractivity contribution in [2.45, 2.75) is 12.5 Å². The maximum atomic E-state index is 13.5. The van der Waals surface area contributed by atoms with Gasteiger partial charge in [0, 0.05) is 16.5 Å². The molecule has 1 atom stereocenters. The average Bonchev–Trinajstić information content (AvgIpc) is 2.37. The Bertz CT molecular complexity index is 601. The first-order valence-corrected chi connectivity index (χ1v) is 6.34. The zero-order chi connectivity index (χ0) is 14.0. The normalized spacial score (nSPS) is 12.5. The lowest BCUT2D eigenvalue weighted by Crippen LogP contribution is -2.07. The molecule has 0 fully saturated rings. The van der Waals surface area contributed by atoms with Crippen molar-refractivity contribution in [3.8, 4) is 0 Å². The zero-order valence-electron chi connectivity index (χ0n) is 9.71. The van der Waals surface area contributed by atoms with Gasteiger partial charge in [0.15, 0.2) is 11.6 Å². The third kappa shape index (κ3) is 3.16. The summed E-state index contributed by atoms with van der Waals surface area (Å²) < 4.78 is 40.7. The summed E-state index contributed by atoms with van der Waals surface area (Å²) in [5, 5.41) is 9.91. The molecule has 0 aromatic heterocycles. The molecule has 100 valence electrons. The van der Waals surface area contributed by atoms with Crippen LogP contribution in [0.2, 0.25) is 0 Å². The monoisotopic (exact) mass is 330 g/mol. The van der Waals surface area contributed by atoms with Gasteiger partial charge in [-0.3, -0.25) is 0 Å². The first-order valence-electron chi connectivity index (χ1n) is 5.55. The summed E-state index contributed by atoms with van der Waals surface area (Å²) in [6.07, 6.45) is -1.44. The molecule has 19 heavy (non-hydrogen) atoms. The van der Waals surface area contributed by atoms with Crippen LogP contribution in [0.5, 0.6) is 0 Å². The second kappa shape index (κ2) is 5.75. The van der Waals surface area contributed by atoms with Gasteiger partial charge in [0.05, 0.1) is 6.10 Å². The van der Waals surface area contributed by atoms with Crippen molar-refractivity contribution < 1.29 is 18.3 Å². The number of benzene rings is 2. The highest BCUT2D eigenvalue weighted by atomic mass is 79.9. The molecule has 2 rings (SSSR count). The lowest BCUT2D eigenvalue weighted by Gasteiger charge is -2.13. The van der Waals surface area contributed by atoms with Crippen molar-refractivity contribution in [1.82, 2.24) is 0 Å². The molecule has 0 heterocycles. The molecule has 0 radical (unpaired) electrons. The molecular formula is C14H10BrF3O. The number of hydrogen-bond acceptors (Lipinski definition) is 1. The summed E-state index contributed by atoms with van der Waals surface area (Å²) in [7, 11) is 0. The van der Waals surface area contributed by atoms with Gasteiger partial charge in [-0.25, -0.2) is 13.2 Å². The molecule has 0 amide bonds. The van der Waals surface area contributed by atoms with E-state index in [1.165, 1.54) is 30.3 Å². The van der Waals surface area contributed by atoms with Crippen molar-refractivity contribution in [3.63, 3.8) is 0 Å². The van der Waals surface area contributed by atoms with Crippen LogP contribution in [0, 0.1) is 17.5 Å². The van der Waals surface area contributed by atoms with Gasteiger partial charge in [-0.05, 0) is 29.8 Å². The smallest absolute Gasteiger partial charge is 0.164 e. The largest absolute Gasteiger partial charge is 0.388 e. The van der Waals surface area contributed by atoms with Gasteiger partial charge < -0.3 is 5.11 Å². The fourth-order valence-corrected chi connectivity index (χ4v) is 2.20. The SMILES string of the molecule is OC(Cc1cc(Br)ccc1F)c1cccc(F)c1F. The van der Waals surface area contributed by atoms with E-state index in [1.54, 1.807) is 0 Å². The van der Waals surface area contributed by atoms with E-state index in [9.17, 15) is 18.3 Å². The Morgan fingerprint density at radius 3 is 2.53 bits per heavy atom. The van der Waals surface area contributed by atoms with E-state index in [1.807, 2.05) is 0 Å². The lowest BCUT2D eigenvalue weighted by atomic mass is 10.0. The van der Waals surface area contributed by atoms with E-state index in [4.69, 9.17) is 0 Å². The number of aliphatic hydroxyl groups excluding tert-OH is 1. The average molecular weight is 331 g/mol. The third-order valence-corrected chi connectivity index (χ3v) is 3.25. The van der Waals surface area contributed by atoms with Crippen LogP contribution in [0.15, 0.2) is 40.9 Å². The fourth-order valence-electron chi connectivity index (χ4n) is 1.80. The third-order valence-electron chi connectivity index (χ3n) is 2.76. The van der Waals surface area contributed by atoms with Crippen LogP contribution >= 0.6 is 15.9 Å². The molecule has 0 spiro atoms. The first-order chi connectivity index (χ1) is 8.99. The van der Waals surface area contributed by atoms with Gasteiger partial charge >= 0.3 is 0 Å². The van der Waals surface area contributed by atoms with E-state index in [0.29, 0.717) is 4.47 Å². The van der Waals surface area contributed by atoms with Crippen LogP contribution < -0.4 is 0 Å². The number of halogens is 4. The molecule has 0 saturated heterocycles. The predicted octanol–water partition coefficient (Wildman–Crippen LogP) is 4.14. The molecule has 0 bridgehead atoms. The molecule has 1 N–H and O–H groups in total. The minimum absolute atomic E-state index is 0.133.